The van der Waals surface area contributed by atoms with Crippen molar-refractivity contribution >= 4 is 17.6 Å². The molecule has 1 aromatic carbocycles. The van der Waals surface area contributed by atoms with Crippen molar-refractivity contribution in [2.24, 2.45) is 0 Å². The number of benzene rings is 1. The first-order valence-corrected chi connectivity index (χ1v) is 9.07. The van der Waals surface area contributed by atoms with E-state index in [1.807, 2.05) is 6.07 Å². The minimum absolute atomic E-state index is 0.0683. The predicted molar refractivity (Wildman–Crippen MR) is 110 cm³/mol. The highest BCUT2D eigenvalue weighted by molar-refractivity contribution is 6.01. The highest BCUT2D eigenvalue weighted by Gasteiger charge is 2.23. The number of carbonyl (C=O) groups is 2. The minimum atomic E-state index is -0.801. The third kappa shape index (κ3) is 5.19. The number of nitrogens with two attached hydrogens (primary N) is 1. The molecular formula is C21H23N3O5. The summed E-state index contributed by atoms with van der Waals surface area (Å²) in [5, 5.41) is 0. The van der Waals surface area contributed by atoms with E-state index in [0.717, 1.165) is 16.2 Å². The summed E-state index contributed by atoms with van der Waals surface area (Å²) < 4.78 is 6.98. The number of esters is 1. The molecule has 0 spiro atoms. The smallest absolute Gasteiger partial charge is 0.332 e. The average Bonchev–Trinajstić information content (AvgIpc) is 2.71. The van der Waals surface area contributed by atoms with Crippen LogP contribution in [0.4, 0.5) is 5.82 Å². The molecule has 8 nitrogen and oxygen atoms in total. The van der Waals surface area contributed by atoms with E-state index in [0.29, 0.717) is 0 Å². The van der Waals surface area contributed by atoms with Crippen LogP contribution >= 0.6 is 0 Å². The topological polar surface area (TPSA) is 113 Å². The normalized spacial score (nSPS) is 11.2. The number of aromatic nitrogens is 2. The van der Waals surface area contributed by atoms with Crippen LogP contribution in [0.5, 0.6) is 0 Å². The molecule has 0 aliphatic rings. The third-order valence-electron chi connectivity index (χ3n) is 4.13. The van der Waals surface area contributed by atoms with Crippen molar-refractivity contribution in [3.05, 3.63) is 86.6 Å². The van der Waals surface area contributed by atoms with Crippen LogP contribution in [-0.4, -0.2) is 27.5 Å². The molecule has 0 radical (unpaired) electrons. The Hall–Kier alpha value is -3.68. The Balaban J connectivity index is 2.39. The van der Waals surface area contributed by atoms with Crippen LogP contribution in [0.2, 0.25) is 0 Å². The van der Waals surface area contributed by atoms with E-state index in [4.69, 9.17) is 10.5 Å². The third-order valence-corrected chi connectivity index (χ3v) is 4.13. The Labute approximate surface area is 167 Å². The quantitative estimate of drug-likeness (QED) is 0.313. The van der Waals surface area contributed by atoms with Gasteiger partial charge in [-0.2, -0.15) is 0 Å². The van der Waals surface area contributed by atoms with Crippen molar-refractivity contribution < 1.29 is 14.3 Å². The average molecular weight is 397 g/mol. The van der Waals surface area contributed by atoms with Crippen LogP contribution in [0, 0.1) is 0 Å². The Bertz CT molecular complexity index is 1060. The predicted octanol–water partition coefficient (Wildman–Crippen LogP) is 1.52. The molecule has 0 aliphatic carbocycles. The molecule has 29 heavy (non-hydrogen) atoms. The lowest BCUT2D eigenvalue weighted by molar-refractivity contribution is -0.136. The fourth-order valence-electron chi connectivity index (χ4n) is 2.68. The van der Waals surface area contributed by atoms with Gasteiger partial charge in [-0.05, 0) is 19.4 Å². The maximum absolute atomic E-state index is 12.7. The second-order valence-corrected chi connectivity index (χ2v) is 6.08. The molecular weight excluding hydrogens is 374 g/mol. The van der Waals surface area contributed by atoms with Gasteiger partial charge in [0.15, 0.2) is 6.61 Å². The van der Waals surface area contributed by atoms with Crippen molar-refractivity contribution in [2.75, 3.05) is 12.3 Å². The van der Waals surface area contributed by atoms with Crippen molar-refractivity contribution in [3.63, 3.8) is 0 Å². The lowest BCUT2D eigenvalue weighted by Gasteiger charge is -2.15. The first kappa shape index (κ1) is 21.6. The number of carbonyl (C=O) groups excluding carboxylic acids is 2. The Morgan fingerprint density at radius 1 is 1.10 bits per heavy atom. The molecule has 0 saturated heterocycles. The Morgan fingerprint density at radius 2 is 1.79 bits per heavy atom. The number of nitrogens with zero attached hydrogens (tertiary/aromatic N) is 2. The van der Waals surface area contributed by atoms with Gasteiger partial charge in [0.1, 0.15) is 11.4 Å². The van der Waals surface area contributed by atoms with Crippen LogP contribution in [0.1, 0.15) is 29.8 Å². The largest absolute Gasteiger partial charge is 0.454 e. The molecule has 8 heteroatoms. The number of nitrogen functional groups attached to an aromatic ring is 1. The second kappa shape index (κ2) is 10.0. The maximum atomic E-state index is 12.7. The molecule has 2 N–H and O–H groups in total. The summed E-state index contributed by atoms with van der Waals surface area (Å²) in [6.45, 7) is 2.90. The Kier molecular flexibility index (Phi) is 7.47. The zero-order chi connectivity index (χ0) is 21.4. The van der Waals surface area contributed by atoms with Crippen LogP contribution in [-0.2, 0) is 22.6 Å². The minimum Gasteiger partial charge on any atom is -0.454 e. The Morgan fingerprint density at radius 3 is 2.41 bits per heavy atom. The van der Waals surface area contributed by atoms with Gasteiger partial charge in [-0.15, -0.1) is 0 Å². The number of allylic oxidation sites excluding steroid dienone is 3. The summed E-state index contributed by atoms with van der Waals surface area (Å²) in [5.74, 6) is -1.76. The van der Waals surface area contributed by atoms with Crippen molar-refractivity contribution in [1.29, 1.82) is 0 Å². The fraction of sp³-hybridized carbons (Fsp3) is 0.238. The molecule has 1 heterocycles. The maximum Gasteiger partial charge on any atom is 0.332 e. The molecule has 0 amide bonds. The van der Waals surface area contributed by atoms with Crippen LogP contribution in [0.15, 0.2) is 64.2 Å². The number of rotatable bonds is 8. The molecule has 0 aliphatic heterocycles. The highest BCUT2D eigenvalue weighted by atomic mass is 16.5. The van der Waals surface area contributed by atoms with Gasteiger partial charge >= 0.3 is 11.7 Å². The zero-order valence-electron chi connectivity index (χ0n) is 16.3. The van der Waals surface area contributed by atoms with E-state index in [-0.39, 0.29) is 24.5 Å². The summed E-state index contributed by atoms with van der Waals surface area (Å²) >= 11 is 0. The standard InChI is InChI=1S/C21H23N3O5/c1-3-5-7-12-17(26)29-14-16(25)18-19(22)24(13-15-10-8-6-9-11-15)21(28)23(4-2)20(18)27/h3,5-12H,4,13-14,22H2,1-2H3/b5-3+,12-7+. The second-order valence-electron chi connectivity index (χ2n) is 6.08. The van der Waals surface area contributed by atoms with Gasteiger partial charge in [-0.1, -0.05) is 48.6 Å². The summed E-state index contributed by atoms with van der Waals surface area (Å²) in [7, 11) is 0. The molecule has 0 unspecified atom stereocenters. The van der Waals surface area contributed by atoms with Gasteiger partial charge in [0.25, 0.3) is 5.56 Å². The number of ether oxygens (including phenoxy) is 1. The van der Waals surface area contributed by atoms with Gasteiger partial charge in [0, 0.05) is 12.6 Å². The van der Waals surface area contributed by atoms with Crippen LogP contribution in [0.3, 0.4) is 0 Å². The first-order chi connectivity index (χ1) is 13.9. The fourth-order valence-corrected chi connectivity index (χ4v) is 2.68. The first-order valence-electron chi connectivity index (χ1n) is 9.07. The molecule has 2 aromatic rings. The van der Waals surface area contributed by atoms with Crippen LogP contribution < -0.4 is 17.0 Å². The lowest BCUT2D eigenvalue weighted by atomic mass is 10.2. The van der Waals surface area contributed by atoms with Gasteiger partial charge in [-0.25, -0.2) is 9.59 Å². The summed E-state index contributed by atoms with van der Waals surface area (Å²) in [6.07, 6.45) is 5.96. The lowest BCUT2D eigenvalue weighted by Crippen LogP contribution is -2.44. The van der Waals surface area contributed by atoms with E-state index < -0.39 is 29.6 Å². The van der Waals surface area contributed by atoms with Gasteiger partial charge < -0.3 is 10.5 Å². The van der Waals surface area contributed by atoms with E-state index in [2.05, 4.69) is 0 Å². The van der Waals surface area contributed by atoms with Gasteiger partial charge in [-0.3, -0.25) is 18.7 Å². The number of Topliss-reactive ketones (excluding diaryl/α,β-unsaturated/α-hetero) is 1. The van der Waals surface area contributed by atoms with Crippen molar-refractivity contribution in [1.82, 2.24) is 9.13 Å². The summed E-state index contributed by atoms with van der Waals surface area (Å²) in [6, 6.07) is 9.04. The monoisotopic (exact) mass is 397 g/mol. The molecule has 2 rings (SSSR count). The number of ketones is 1. The van der Waals surface area contributed by atoms with Crippen molar-refractivity contribution in [2.45, 2.75) is 26.9 Å². The summed E-state index contributed by atoms with van der Waals surface area (Å²) in [5.41, 5.74) is 5.03. The van der Waals surface area contributed by atoms with Crippen LogP contribution in [0.25, 0.3) is 0 Å². The SMILES string of the molecule is C/C=C/C=C/C(=O)OCC(=O)c1c(N)n(Cc2ccccc2)c(=O)n(CC)c1=O. The summed E-state index contributed by atoms with van der Waals surface area (Å²) in [4.78, 5) is 49.5. The molecule has 1 aromatic heterocycles. The van der Waals surface area contributed by atoms with E-state index in [1.165, 1.54) is 10.6 Å². The van der Waals surface area contributed by atoms with E-state index >= 15 is 0 Å². The molecule has 0 bridgehead atoms. The zero-order valence-corrected chi connectivity index (χ0v) is 16.3. The number of anilines is 1. The molecule has 152 valence electrons. The van der Waals surface area contributed by atoms with Gasteiger partial charge in [0.05, 0.1) is 6.54 Å². The van der Waals surface area contributed by atoms with E-state index in [1.54, 1.807) is 50.3 Å². The number of hydrogen-bond acceptors (Lipinski definition) is 6. The molecule has 0 atom stereocenters. The van der Waals surface area contributed by atoms with Gasteiger partial charge in [0.2, 0.25) is 5.78 Å². The number of hydrogen-bond donors (Lipinski definition) is 1. The molecule has 0 saturated carbocycles. The van der Waals surface area contributed by atoms with E-state index in [9.17, 15) is 19.2 Å². The highest BCUT2D eigenvalue weighted by Crippen LogP contribution is 2.10. The van der Waals surface area contributed by atoms with Crippen molar-refractivity contribution in [3.8, 4) is 0 Å². The molecule has 0 fully saturated rings.